The summed E-state index contributed by atoms with van der Waals surface area (Å²) in [5, 5.41) is 19.6. The van der Waals surface area contributed by atoms with Gasteiger partial charge in [-0.2, -0.15) is 0 Å². The molecule has 0 aliphatic carbocycles. The summed E-state index contributed by atoms with van der Waals surface area (Å²) in [4.78, 5) is 45.3. The van der Waals surface area contributed by atoms with Gasteiger partial charge in [-0.25, -0.2) is 0 Å². The Hall–Kier alpha value is -2.94. The van der Waals surface area contributed by atoms with Crippen LogP contribution >= 0.6 is 0 Å². The SMILES string of the molecule is O=C(O)CN(CC(=O)O)CC(=O)NCC(=O)OCc1ccccc1. The monoisotopic (exact) mass is 338 g/mol. The van der Waals surface area contributed by atoms with Gasteiger partial charge in [-0.1, -0.05) is 30.3 Å². The van der Waals surface area contributed by atoms with Crippen LogP contribution in [0.25, 0.3) is 0 Å². The van der Waals surface area contributed by atoms with Gasteiger partial charge in [0.25, 0.3) is 0 Å². The summed E-state index contributed by atoms with van der Waals surface area (Å²) in [6, 6.07) is 8.98. The number of carboxylic acids is 2. The fourth-order valence-corrected chi connectivity index (χ4v) is 1.77. The number of hydrogen-bond acceptors (Lipinski definition) is 6. The van der Waals surface area contributed by atoms with E-state index in [-0.39, 0.29) is 13.2 Å². The minimum absolute atomic E-state index is 0.0691. The highest BCUT2D eigenvalue weighted by Crippen LogP contribution is 2.00. The molecule has 0 spiro atoms. The van der Waals surface area contributed by atoms with Crippen LogP contribution in [0.3, 0.4) is 0 Å². The maximum absolute atomic E-state index is 11.6. The predicted octanol–water partition coefficient (Wildman–Crippen LogP) is -0.683. The number of hydrogen-bond donors (Lipinski definition) is 3. The van der Waals surface area contributed by atoms with E-state index in [0.717, 1.165) is 10.5 Å². The molecule has 9 nitrogen and oxygen atoms in total. The van der Waals surface area contributed by atoms with E-state index in [4.69, 9.17) is 14.9 Å². The molecule has 0 fully saturated rings. The molecule has 1 rings (SSSR count). The molecule has 3 N–H and O–H groups in total. The number of amides is 1. The zero-order chi connectivity index (χ0) is 17.9. The van der Waals surface area contributed by atoms with E-state index in [1.165, 1.54) is 0 Å². The number of nitrogens with one attached hydrogen (secondary N) is 1. The van der Waals surface area contributed by atoms with Gasteiger partial charge >= 0.3 is 17.9 Å². The van der Waals surface area contributed by atoms with Crippen molar-refractivity contribution in [3.8, 4) is 0 Å². The summed E-state index contributed by atoms with van der Waals surface area (Å²) in [5.41, 5.74) is 0.797. The van der Waals surface area contributed by atoms with Crippen molar-refractivity contribution in [3.05, 3.63) is 35.9 Å². The van der Waals surface area contributed by atoms with Crippen LogP contribution in [0, 0.1) is 0 Å². The van der Waals surface area contributed by atoms with Gasteiger partial charge in [0.05, 0.1) is 19.6 Å². The highest BCUT2D eigenvalue weighted by molar-refractivity contribution is 5.84. The van der Waals surface area contributed by atoms with Crippen LogP contribution in [0.5, 0.6) is 0 Å². The van der Waals surface area contributed by atoms with Gasteiger partial charge in [0, 0.05) is 0 Å². The Bertz CT molecular complexity index is 573. The maximum Gasteiger partial charge on any atom is 0.325 e. The molecule has 0 heterocycles. The van der Waals surface area contributed by atoms with Crippen LogP contribution in [0.4, 0.5) is 0 Å². The van der Waals surface area contributed by atoms with E-state index in [0.29, 0.717) is 0 Å². The first-order chi connectivity index (χ1) is 11.4. The molecule has 9 heteroatoms. The summed E-state index contributed by atoms with van der Waals surface area (Å²) < 4.78 is 4.96. The molecule has 0 aliphatic heterocycles. The highest BCUT2D eigenvalue weighted by Gasteiger charge is 2.17. The van der Waals surface area contributed by atoms with Crippen LogP contribution in [0.15, 0.2) is 30.3 Å². The summed E-state index contributed by atoms with van der Waals surface area (Å²) in [7, 11) is 0. The Labute approximate surface area is 137 Å². The van der Waals surface area contributed by atoms with E-state index < -0.39 is 43.4 Å². The molecular formula is C15H18N2O7. The zero-order valence-electron chi connectivity index (χ0n) is 12.8. The number of carboxylic acid groups (broad SMARTS) is 2. The predicted molar refractivity (Wildman–Crippen MR) is 81.0 cm³/mol. The van der Waals surface area contributed by atoms with Crippen molar-refractivity contribution in [1.82, 2.24) is 10.2 Å². The fourth-order valence-electron chi connectivity index (χ4n) is 1.77. The molecule has 0 atom stereocenters. The van der Waals surface area contributed by atoms with Crippen molar-refractivity contribution in [2.45, 2.75) is 6.61 Å². The zero-order valence-corrected chi connectivity index (χ0v) is 12.8. The van der Waals surface area contributed by atoms with Gasteiger partial charge < -0.3 is 20.3 Å². The van der Waals surface area contributed by atoms with Gasteiger partial charge in [-0.15, -0.1) is 0 Å². The topological polar surface area (TPSA) is 133 Å². The summed E-state index contributed by atoms with van der Waals surface area (Å²) in [6.45, 7) is -1.97. The molecule has 1 aromatic carbocycles. The first-order valence-electron chi connectivity index (χ1n) is 6.99. The second-order valence-electron chi connectivity index (χ2n) is 4.86. The van der Waals surface area contributed by atoms with Crippen molar-refractivity contribution >= 4 is 23.8 Å². The van der Waals surface area contributed by atoms with E-state index in [2.05, 4.69) is 5.32 Å². The lowest BCUT2D eigenvalue weighted by molar-refractivity contribution is -0.146. The number of aliphatic carboxylic acids is 2. The maximum atomic E-state index is 11.6. The number of benzene rings is 1. The average molecular weight is 338 g/mol. The third-order valence-electron chi connectivity index (χ3n) is 2.76. The third-order valence-corrected chi connectivity index (χ3v) is 2.76. The summed E-state index contributed by atoms with van der Waals surface area (Å²) in [6.07, 6.45) is 0. The minimum atomic E-state index is -1.26. The molecule has 0 saturated heterocycles. The van der Waals surface area contributed by atoms with Crippen LogP contribution < -0.4 is 5.32 Å². The van der Waals surface area contributed by atoms with Crippen LogP contribution in [0.1, 0.15) is 5.56 Å². The second kappa shape index (κ2) is 9.95. The standard InChI is InChI=1S/C15H18N2O7/c18-12(7-17(8-13(19)20)9-14(21)22)16-6-15(23)24-10-11-4-2-1-3-5-11/h1-5H,6-10H2,(H,16,18)(H,19,20)(H,21,22). The molecular weight excluding hydrogens is 320 g/mol. The van der Waals surface area contributed by atoms with Crippen molar-refractivity contribution in [2.24, 2.45) is 0 Å². The Kier molecular flexibility index (Phi) is 7.92. The van der Waals surface area contributed by atoms with Crippen molar-refractivity contribution in [2.75, 3.05) is 26.2 Å². The van der Waals surface area contributed by atoms with Gasteiger partial charge in [0.1, 0.15) is 13.2 Å². The largest absolute Gasteiger partial charge is 0.480 e. The molecule has 0 unspecified atom stereocenters. The van der Waals surface area contributed by atoms with Gasteiger partial charge in [0.2, 0.25) is 5.91 Å². The molecule has 1 aromatic rings. The highest BCUT2D eigenvalue weighted by atomic mass is 16.5. The van der Waals surface area contributed by atoms with E-state index in [1.807, 2.05) is 6.07 Å². The van der Waals surface area contributed by atoms with Crippen LogP contribution in [-0.2, 0) is 30.5 Å². The second-order valence-corrected chi connectivity index (χ2v) is 4.86. The first-order valence-corrected chi connectivity index (χ1v) is 6.99. The fraction of sp³-hybridized carbons (Fsp3) is 0.333. The lowest BCUT2D eigenvalue weighted by atomic mass is 10.2. The normalized spacial score (nSPS) is 10.2. The minimum Gasteiger partial charge on any atom is -0.480 e. The average Bonchev–Trinajstić information content (AvgIpc) is 2.50. The number of nitrogens with zero attached hydrogens (tertiary/aromatic N) is 1. The molecule has 24 heavy (non-hydrogen) atoms. The van der Waals surface area contributed by atoms with Crippen LogP contribution in [-0.4, -0.2) is 65.1 Å². The number of carbonyl (C=O) groups excluding carboxylic acids is 2. The van der Waals surface area contributed by atoms with Crippen molar-refractivity contribution < 1.29 is 34.1 Å². The van der Waals surface area contributed by atoms with Crippen LogP contribution in [0.2, 0.25) is 0 Å². The first kappa shape index (κ1) is 19.1. The van der Waals surface area contributed by atoms with Gasteiger partial charge in [-0.05, 0) is 5.56 Å². The third kappa shape index (κ3) is 8.49. The van der Waals surface area contributed by atoms with Gasteiger partial charge in [0.15, 0.2) is 0 Å². The van der Waals surface area contributed by atoms with E-state index in [1.54, 1.807) is 24.3 Å². The summed E-state index contributed by atoms with van der Waals surface area (Å²) >= 11 is 0. The van der Waals surface area contributed by atoms with Crippen molar-refractivity contribution in [3.63, 3.8) is 0 Å². The molecule has 0 radical (unpaired) electrons. The molecule has 0 saturated carbocycles. The lowest BCUT2D eigenvalue weighted by Crippen LogP contribution is -2.43. The smallest absolute Gasteiger partial charge is 0.325 e. The van der Waals surface area contributed by atoms with Gasteiger partial charge in [-0.3, -0.25) is 24.1 Å². The number of esters is 1. The molecule has 130 valence electrons. The number of carbonyl (C=O) groups is 4. The Morgan fingerprint density at radius 3 is 2.08 bits per heavy atom. The van der Waals surface area contributed by atoms with E-state index >= 15 is 0 Å². The Morgan fingerprint density at radius 1 is 0.958 bits per heavy atom. The number of ether oxygens (including phenoxy) is 1. The number of rotatable bonds is 10. The summed E-state index contributed by atoms with van der Waals surface area (Å²) in [5.74, 6) is -3.85. The molecule has 0 aromatic heterocycles. The van der Waals surface area contributed by atoms with E-state index in [9.17, 15) is 19.2 Å². The molecule has 0 bridgehead atoms. The van der Waals surface area contributed by atoms with Crippen molar-refractivity contribution in [1.29, 1.82) is 0 Å². The lowest BCUT2D eigenvalue weighted by Gasteiger charge is -2.17. The molecule has 0 aliphatic rings. The Morgan fingerprint density at radius 2 is 1.54 bits per heavy atom. The Balaban J connectivity index is 2.33. The molecule has 1 amide bonds. The quantitative estimate of drug-likeness (QED) is 0.478.